The maximum atomic E-state index is 13.9. The van der Waals surface area contributed by atoms with Crippen molar-refractivity contribution in [3.8, 4) is 5.75 Å². The van der Waals surface area contributed by atoms with E-state index in [1.807, 2.05) is 86.3 Å². The number of hydrogen-bond donors (Lipinski definition) is 3. The molecule has 0 bridgehead atoms. The van der Waals surface area contributed by atoms with Crippen LogP contribution >= 0.6 is 0 Å². The standard InChI is InChI=1S/C28H32N2O5.2C27H30N2O4.C26H28N2O3.CH4/c1-17-6-2-3-7-21(17)26(33)29-11-10-18-12-19(15-31)20(16-32)13-24(18)25(29)14-30-27(34)22-8-4-5-9-23(22)28(30)35;1-17-8-3-4-9-18(17)25(30)28-15-14-20-19(12-7-13-24(20)33-2)23(28)16-29-26(31)21-10-5-6-11-22(21)27(29)32;1-17-6-2-3-7-20(17)25(31)28-13-12-19-11-10-18(16-30)14-23(19)24(28)15-29-26(32)21-8-4-5-9-22(21)27(29)33;1-17-8-2-4-10-19(17)24(29)27-15-14-18-9-3-5-11-20(18)23(27)16-28-25(30)21-12-6-7-13-22(21)26(28)31;/h4-5,8-9,12-13,17,21,25,31-32H,2-3,6-7,10-11,14-16H2,1H3;5-7,10-13,17-18,23H,3-4,8-9,14-16H2,1-2H3;4-5,8-11,14,17,20,24,30H,2-3,6-7,12-13,15-16H2,1H3;3,5-7,9,11-13,17,19,23H,2,4,8,10,14-16H2,1H3;1H4/t17-,21+,25+;17-,18+,23+;17-,20+,24+;17-,19+,23+;/m0000./s1. The summed E-state index contributed by atoms with van der Waals surface area (Å²) in [5.74, 6) is 0.222. The number of rotatable bonds is 16. The van der Waals surface area contributed by atoms with E-state index in [-0.39, 0.29) is 160 Å². The van der Waals surface area contributed by atoms with Crippen molar-refractivity contribution >= 4 is 70.9 Å². The molecule has 4 saturated carbocycles. The van der Waals surface area contributed by atoms with Crippen LogP contribution in [0.2, 0.25) is 0 Å². The minimum Gasteiger partial charge on any atom is -0.496 e. The molecule has 696 valence electrons. The van der Waals surface area contributed by atoms with Gasteiger partial charge in [-0.05, 0) is 211 Å². The maximum absolute atomic E-state index is 13.9. The first kappa shape index (κ1) is 94.1. The summed E-state index contributed by atoms with van der Waals surface area (Å²) >= 11 is 0. The Morgan fingerprint density at radius 2 is 0.594 bits per heavy atom. The fraction of sp³-hybridized carbons (Fsp3) is 0.450. The number of carbonyl (C=O) groups is 12. The largest absolute Gasteiger partial charge is 0.496 e. The summed E-state index contributed by atoms with van der Waals surface area (Å²) in [6.07, 6.45) is 19.6. The lowest BCUT2D eigenvalue weighted by molar-refractivity contribution is -0.142. The Morgan fingerprint density at radius 1 is 0.308 bits per heavy atom. The Hall–Kier alpha value is -12.1. The van der Waals surface area contributed by atoms with Crippen LogP contribution in [0.25, 0.3) is 0 Å². The molecule has 0 spiro atoms. The average Bonchev–Trinajstić information content (AvgIpc) is 1.54. The van der Waals surface area contributed by atoms with Crippen LogP contribution < -0.4 is 4.74 Å². The average molecular weight is 1800 g/mol. The normalized spacial score (nSPS) is 24.4. The minimum absolute atomic E-state index is 0. The fourth-order valence-corrected chi connectivity index (χ4v) is 23.3. The second-order valence-electron chi connectivity index (χ2n) is 38.3. The summed E-state index contributed by atoms with van der Waals surface area (Å²) in [6, 6.07) is 49.6. The molecule has 24 heteroatoms. The number of aliphatic hydroxyl groups is 3. The third-order valence-corrected chi connectivity index (χ3v) is 30.8. The monoisotopic (exact) mass is 1800 g/mol. The van der Waals surface area contributed by atoms with Gasteiger partial charge < -0.3 is 39.7 Å². The molecule has 12 amide bonds. The molecule has 8 aromatic rings. The Balaban J connectivity index is 0.000000129. The van der Waals surface area contributed by atoms with E-state index in [2.05, 4.69) is 33.8 Å². The van der Waals surface area contributed by atoms with Gasteiger partial charge in [0.05, 0.1) is 122 Å². The Kier molecular flexibility index (Phi) is 28.8. The molecule has 8 aliphatic heterocycles. The zero-order valence-corrected chi connectivity index (χ0v) is 76.2. The second-order valence-corrected chi connectivity index (χ2v) is 38.3. The number of nitrogens with zero attached hydrogens (tertiary/aromatic N) is 8. The van der Waals surface area contributed by atoms with Crippen LogP contribution in [-0.2, 0) is 64.7 Å². The molecule has 4 fully saturated rings. The van der Waals surface area contributed by atoms with E-state index in [1.54, 1.807) is 104 Å². The van der Waals surface area contributed by atoms with Crippen molar-refractivity contribution in [1.29, 1.82) is 0 Å². The van der Waals surface area contributed by atoms with Crippen LogP contribution in [0.1, 0.15) is 306 Å². The van der Waals surface area contributed by atoms with Gasteiger partial charge in [-0.25, -0.2) is 0 Å². The van der Waals surface area contributed by atoms with Gasteiger partial charge in [0.2, 0.25) is 23.6 Å². The quantitative estimate of drug-likeness (QED) is 0.0757. The number of benzene rings is 8. The van der Waals surface area contributed by atoms with Crippen LogP contribution in [-0.4, -0.2) is 185 Å². The van der Waals surface area contributed by atoms with Crippen molar-refractivity contribution < 1.29 is 77.6 Å². The van der Waals surface area contributed by atoms with Gasteiger partial charge in [0.1, 0.15) is 5.75 Å². The van der Waals surface area contributed by atoms with Gasteiger partial charge in [0.15, 0.2) is 0 Å². The Morgan fingerprint density at radius 3 is 0.932 bits per heavy atom. The molecular formula is C109H124N8O16. The molecule has 133 heavy (non-hydrogen) atoms. The summed E-state index contributed by atoms with van der Waals surface area (Å²) in [5, 5.41) is 29.4. The predicted molar refractivity (Wildman–Crippen MR) is 501 cm³/mol. The number of ether oxygens (including phenoxy) is 1. The van der Waals surface area contributed by atoms with Gasteiger partial charge in [-0.1, -0.05) is 202 Å². The van der Waals surface area contributed by atoms with Crippen LogP contribution in [0, 0.1) is 47.3 Å². The fourth-order valence-electron chi connectivity index (χ4n) is 23.3. The summed E-state index contributed by atoms with van der Waals surface area (Å²) in [5.41, 5.74) is 13.5. The third-order valence-electron chi connectivity index (χ3n) is 30.8. The molecule has 3 N–H and O–H groups in total. The first-order valence-corrected chi connectivity index (χ1v) is 47.9. The van der Waals surface area contributed by atoms with Gasteiger partial charge in [0.25, 0.3) is 47.3 Å². The van der Waals surface area contributed by atoms with E-state index in [1.165, 1.54) is 38.0 Å². The molecule has 8 heterocycles. The topological polar surface area (TPSA) is 301 Å². The van der Waals surface area contributed by atoms with Crippen molar-refractivity contribution in [3.63, 3.8) is 0 Å². The van der Waals surface area contributed by atoms with Gasteiger partial charge in [-0.3, -0.25) is 77.1 Å². The van der Waals surface area contributed by atoms with E-state index < -0.39 is 12.1 Å². The van der Waals surface area contributed by atoms with Gasteiger partial charge >= 0.3 is 0 Å². The summed E-state index contributed by atoms with van der Waals surface area (Å²) in [6.45, 7) is 10.9. The Labute approximate surface area is 779 Å². The van der Waals surface area contributed by atoms with Crippen molar-refractivity contribution in [2.24, 2.45) is 47.3 Å². The van der Waals surface area contributed by atoms with Gasteiger partial charge in [0, 0.05) is 55.4 Å². The van der Waals surface area contributed by atoms with Gasteiger partial charge in [-0.15, -0.1) is 0 Å². The van der Waals surface area contributed by atoms with E-state index in [0.717, 1.165) is 153 Å². The number of hydrogen-bond acceptors (Lipinski definition) is 16. The molecule has 0 unspecified atom stereocenters. The Bertz CT molecular complexity index is 5590. The van der Waals surface area contributed by atoms with Crippen LogP contribution in [0.15, 0.2) is 170 Å². The second kappa shape index (κ2) is 40.8. The first-order valence-electron chi connectivity index (χ1n) is 47.9. The molecule has 0 saturated heterocycles. The van der Waals surface area contributed by atoms with Crippen molar-refractivity contribution in [1.82, 2.24) is 39.2 Å². The molecule has 4 aliphatic carbocycles. The van der Waals surface area contributed by atoms with Gasteiger partial charge in [-0.2, -0.15) is 0 Å². The maximum Gasteiger partial charge on any atom is 0.261 e. The molecule has 20 rings (SSSR count). The summed E-state index contributed by atoms with van der Waals surface area (Å²) in [4.78, 5) is 173. The lowest BCUT2D eigenvalue weighted by Gasteiger charge is -2.42. The van der Waals surface area contributed by atoms with Crippen molar-refractivity contribution in [2.75, 3.05) is 59.5 Å². The number of methoxy groups -OCH3 is 1. The highest BCUT2D eigenvalue weighted by Gasteiger charge is 2.49. The van der Waals surface area contributed by atoms with E-state index >= 15 is 0 Å². The molecular weight excluding hydrogens is 1680 g/mol. The predicted octanol–water partition coefficient (Wildman–Crippen LogP) is 16.1. The minimum atomic E-state index is -0.499. The number of carbonyl (C=O) groups excluding carboxylic acids is 12. The highest BCUT2D eigenvalue weighted by atomic mass is 16.5. The highest BCUT2D eigenvalue weighted by Crippen LogP contribution is 2.46. The third kappa shape index (κ3) is 18.3. The summed E-state index contributed by atoms with van der Waals surface area (Å²) < 4.78 is 5.60. The molecule has 0 aromatic heterocycles. The smallest absolute Gasteiger partial charge is 0.261 e. The van der Waals surface area contributed by atoms with E-state index in [0.29, 0.717) is 118 Å². The lowest BCUT2D eigenvalue weighted by atomic mass is 9.78. The van der Waals surface area contributed by atoms with Crippen molar-refractivity contribution in [3.05, 3.63) is 276 Å². The number of amides is 12. The molecule has 12 atom stereocenters. The molecule has 0 radical (unpaired) electrons. The van der Waals surface area contributed by atoms with E-state index in [4.69, 9.17) is 4.74 Å². The van der Waals surface area contributed by atoms with Crippen LogP contribution in [0.5, 0.6) is 5.75 Å². The lowest BCUT2D eigenvalue weighted by Crippen LogP contribution is -2.49. The highest BCUT2D eigenvalue weighted by molar-refractivity contribution is 6.24. The first-order chi connectivity index (χ1) is 64.0. The molecule has 8 aromatic carbocycles. The zero-order chi connectivity index (χ0) is 92.4. The zero-order valence-electron chi connectivity index (χ0n) is 76.2. The number of imide groups is 4. The van der Waals surface area contributed by atoms with Crippen molar-refractivity contribution in [2.45, 2.75) is 208 Å². The summed E-state index contributed by atoms with van der Waals surface area (Å²) in [7, 11) is 1.65. The van der Waals surface area contributed by atoms with E-state index in [9.17, 15) is 72.9 Å². The number of aliphatic hydroxyl groups excluding tert-OH is 3. The number of fused-ring (bicyclic) bond motifs is 8. The van der Waals surface area contributed by atoms with Crippen LogP contribution in [0.3, 0.4) is 0 Å². The SMILES string of the molecule is C.COc1cccc2c1CCN(C(=O)[C@@H]1CCCC[C@@H]1C)[C@@H]2CN1C(=O)c2ccccc2C1=O.C[C@H]1CCCC[C@H]1C(=O)N1CCc2cc(CO)c(CO)cc2[C@H]1CN1C(=O)c2ccccc2C1=O.C[C@H]1CCCC[C@H]1C(=O)N1CCc2ccc(CO)cc2[C@H]1CN1C(=O)c2ccccc2C1=O.C[C@H]1CCCC[C@H]1C(=O)N1CCc2ccccc2[C@H]1CN1C(=O)c2ccccc2C1=O. The molecule has 24 nitrogen and oxygen atoms in total. The van der Waals surface area contributed by atoms with Crippen LogP contribution in [0.4, 0.5) is 0 Å². The molecule has 12 aliphatic rings.